The molecule has 23 heavy (non-hydrogen) atoms. The molecule has 0 unspecified atom stereocenters. The molecule has 0 aromatic heterocycles. The summed E-state index contributed by atoms with van der Waals surface area (Å²) >= 11 is 0. The second kappa shape index (κ2) is 9.78. The van der Waals surface area contributed by atoms with Crippen molar-refractivity contribution in [1.29, 1.82) is 0 Å². The Morgan fingerprint density at radius 2 is 1.48 bits per heavy atom. The standard InChI is InChI=1S/C22H27N/c1-3-5-7-9-20-10-12-21(13-11-20)18-23-22-16-14-19(15-17-22)8-6-4-2/h3,10-18H,1,4-9H2,2H3. The molecule has 0 atom stereocenters. The molecule has 0 amide bonds. The van der Waals surface area contributed by atoms with E-state index < -0.39 is 0 Å². The minimum atomic E-state index is 1.01. The zero-order valence-electron chi connectivity index (χ0n) is 14.2. The maximum atomic E-state index is 4.56. The van der Waals surface area contributed by atoms with Gasteiger partial charge in [0.15, 0.2) is 0 Å². The van der Waals surface area contributed by atoms with Gasteiger partial charge in [-0.3, -0.25) is 4.99 Å². The SMILES string of the molecule is C=CCCCc1ccc(C=Nc2ccc(CCCC)cc2)cc1. The largest absolute Gasteiger partial charge is 0.256 e. The van der Waals surface area contributed by atoms with Gasteiger partial charge in [0, 0.05) is 6.21 Å². The molecule has 2 aromatic carbocycles. The van der Waals surface area contributed by atoms with Crippen molar-refractivity contribution in [3.8, 4) is 0 Å². The molecule has 0 N–H and O–H groups in total. The third kappa shape index (κ3) is 6.23. The summed E-state index contributed by atoms with van der Waals surface area (Å²) in [6, 6.07) is 17.2. The molecule has 1 heteroatoms. The van der Waals surface area contributed by atoms with Crippen LogP contribution >= 0.6 is 0 Å². The summed E-state index contributed by atoms with van der Waals surface area (Å²) in [5.74, 6) is 0. The van der Waals surface area contributed by atoms with Gasteiger partial charge >= 0.3 is 0 Å². The highest BCUT2D eigenvalue weighted by Crippen LogP contribution is 2.15. The number of benzene rings is 2. The number of aryl methyl sites for hydroxylation is 2. The van der Waals surface area contributed by atoms with Crippen molar-refractivity contribution in [3.05, 3.63) is 77.9 Å². The highest BCUT2D eigenvalue weighted by atomic mass is 14.7. The minimum absolute atomic E-state index is 1.01. The molecule has 120 valence electrons. The number of allylic oxidation sites excluding steroid dienone is 1. The van der Waals surface area contributed by atoms with E-state index in [1.165, 1.54) is 30.4 Å². The van der Waals surface area contributed by atoms with E-state index in [0.29, 0.717) is 0 Å². The Hall–Kier alpha value is -2.15. The average molecular weight is 305 g/mol. The summed E-state index contributed by atoms with van der Waals surface area (Å²) in [5, 5.41) is 0. The van der Waals surface area contributed by atoms with Crippen LogP contribution in [0.3, 0.4) is 0 Å². The molecular weight excluding hydrogens is 278 g/mol. The van der Waals surface area contributed by atoms with Crippen LogP contribution in [0.1, 0.15) is 49.3 Å². The van der Waals surface area contributed by atoms with Crippen molar-refractivity contribution >= 4 is 11.9 Å². The summed E-state index contributed by atoms with van der Waals surface area (Å²) in [5.41, 5.74) is 4.94. The van der Waals surface area contributed by atoms with Crippen LogP contribution in [-0.4, -0.2) is 6.21 Å². The van der Waals surface area contributed by atoms with Gasteiger partial charge in [0.25, 0.3) is 0 Å². The topological polar surface area (TPSA) is 12.4 Å². The van der Waals surface area contributed by atoms with Crippen LogP contribution in [0.15, 0.2) is 66.2 Å². The van der Waals surface area contributed by atoms with Gasteiger partial charge in [-0.05, 0) is 60.9 Å². The van der Waals surface area contributed by atoms with E-state index in [9.17, 15) is 0 Å². The van der Waals surface area contributed by atoms with Crippen molar-refractivity contribution < 1.29 is 0 Å². The summed E-state index contributed by atoms with van der Waals surface area (Å²) < 4.78 is 0. The Morgan fingerprint density at radius 1 is 0.870 bits per heavy atom. The zero-order valence-corrected chi connectivity index (χ0v) is 14.2. The first-order valence-corrected chi connectivity index (χ1v) is 8.64. The monoisotopic (exact) mass is 305 g/mol. The number of unbranched alkanes of at least 4 members (excludes halogenated alkanes) is 2. The molecule has 0 fully saturated rings. The molecule has 0 spiro atoms. The first kappa shape index (κ1) is 17.2. The normalized spacial score (nSPS) is 11.0. The quantitative estimate of drug-likeness (QED) is 0.293. The van der Waals surface area contributed by atoms with Crippen LogP contribution < -0.4 is 0 Å². The van der Waals surface area contributed by atoms with Gasteiger partial charge in [-0.15, -0.1) is 6.58 Å². The Bertz CT molecular complexity index is 605. The lowest BCUT2D eigenvalue weighted by molar-refractivity contribution is 0.795. The third-order valence-corrected chi connectivity index (χ3v) is 3.97. The van der Waals surface area contributed by atoms with E-state index in [0.717, 1.165) is 30.5 Å². The Balaban J connectivity index is 1.90. The molecule has 0 heterocycles. The van der Waals surface area contributed by atoms with Crippen LogP contribution in [-0.2, 0) is 12.8 Å². The Kier molecular flexibility index (Phi) is 7.32. The Morgan fingerprint density at radius 3 is 2.09 bits per heavy atom. The lowest BCUT2D eigenvalue weighted by atomic mass is 10.1. The third-order valence-electron chi connectivity index (χ3n) is 3.97. The number of hydrogen-bond acceptors (Lipinski definition) is 1. The highest BCUT2D eigenvalue weighted by molar-refractivity contribution is 5.81. The molecule has 0 saturated carbocycles. The summed E-state index contributed by atoms with van der Waals surface area (Å²) in [7, 11) is 0. The van der Waals surface area contributed by atoms with Gasteiger partial charge in [0.2, 0.25) is 0 Å². The molecule has 0 radical (unpaired) electrons. The molecule has 0 bridgehead atoms. The maximum Gasteiger partial charge on any atom is 0.0630 e. The van der Waals surface area contributed by atoms with Gasteiger partial charge in [0.05, 0.1) is 5.69 Å². The van der Waals surface area contributed by atoms with Gasteiger partial charge in [-0.2, -0.15) is 0 Å². The van der Waals surface area contributed by atoms with Crippen LogP contribution in [0.25, 0.3) is 0 Å². The van der Waals surface area contributed by atoms with Crippen LogP contribution in [0.2, 0.25) is 0 Å². The Labute approximate surface area is 140 Å². The van der Waals surface area contributed by atoms with Crippen LogP contribution in [0.5, 0.6) is 0 Å². The predicted molar refractivity (Wildman–Crippen MR) is 102 cm³/mol. The smallest absolute Gasteiger partial charge is 0.0630 e. The molecule has 2 rings (SSSR count). The van der Waals surface area contributed by atoms with E-state index in [1.807, 2.05) is 12.3 Å². The van der Waals surface area contributed by atoms with E-state index in [4.69, 9.17) is 0 Å². The fraction of sp³-hybridized carbons (Fsp3) is 0.318. The van der Waals surface area contributed by atoms with E-state index in [-0.39, 0.29) is 0 Å². The van der Waals surface area contributed by atoms with Crippen molar-refractivity contribution in [2.75, 3.05) is 0 Å². The average Bonchev–Trinajstić information content (AvgIpc) is 2.60. The second-order valence-corrected chi connectivity index (χ2v) is 5.95. The lowest BCUT2D eigenvalue weighted by Gasteiger charge is -2.01. The second-order valence-electron chi connectivity index (χ2n) is 5.95. The van der Waals surface area contributed by atoms with Crippen LogP contribution in [0.4, 0.5) is 5.69 Å². The van der Waals surface area contributed by atoms with Crippen molar-refractivity contribution in [3.63, 3.8) is 0 Å². The molecule has 1 nitrogen and oxygen atoms in total. The molecule has 0 aliphatic rings. The first-order valence-electron chi connectivity index (χ1n) is 8.64. The van der Waals surface area contributed by atoms with Crippen molar-refractivity contribution in [2.45, 2.75) is 45.4 Å². The fourth-order valence-corrected chi connectivity index (χ4v) is 2.50. The van der Waals surface area contributed by atoms with E-state index in [1.54, 1.807) is 0 Å². The summed E-state index contributed by atoms with van der Waals surface area (Å²) in [4.78, 5) is 4.56. The molecule has 0 aliphatic heterocycles. The molecule has 2 aromatic rings. The zero-order chi connectivity index (χ0) is 16.3. The molecular formula is C22H27N. The van der Waals surface area contributed by atoms with Gasteiger partial charge in [0.1, 0.15) is 0 Å². The predicted octanol–water partition coefficient (Wildman–Crippen LogP) is 6.29. The van der Waals surface area contributed by atoms with E-state index in [2.05, 4.69) is 67.0 Å². The molecule has 0 saturated heterocycles. The summed E-state index contributed by atoms with van der Waals surface area (Å²) in [6.07, 6.45) is 10.9. The maximum absolute atomic E-state index is 4.56. The van der Waals surface area contributed by atoms with Gasteiger partial charge < -0.3 is 0 Å². The van der Waals surface area contributed by atoms with Gasteiger partial charge in [-0.25, -0.2) is 0 Å². The van der Waals surface area contributed by atoms with E-state index >= 15 is 0 Å². The number of nitrogens with zero attached hydrogens (tertiary/aromatic N) is 1. The number of hydrogen-bond donors (Lipinski definition) is 0. The first-order chi connectivity index (χ1) is 11.3. The number of aliphatic imine (C=N–C) groups is 1. The summed E-state index contributed by atoms with van der Waals surface area (Å²) in [6.45, 7) is 5.99. The van der Waals surface area contributed by atoms with Crippen LogP contribution in [0, 0.1) is 0 Å². The molecule has 0 aliphatic carbocycles. The lowest BCUT2D eigenvalue weighted by Crippen LogP contribution is -1.87. The van der Waals surface area contributed by atoms with Crippen molar-refractivity contribution in [1.82, 2.24) is 0 Å². The van der Waals surface area contributed by atoms with Crippen molar-refractivity contribution in [2.24, 2.45) is 4.99 Å². The minimum Gasteiger partial charge on any atom is -0.256 e. The highest BCUT2D eigenvalue weighted by Gasteiger charge is 1.95. The van der Waals surface area contributed by atoms with Gasteiger partial charge in [-0.1, -0.05) is 55.8 Å². The fourth-order valence-electron chi connectivity index (χ4n) is 2.50. The number of rotatable bonds is 9.